The Balaban J connectivity index is 0. The standard InChI is InChI=1S/C22H44N4O4.H2/c1-11-15(5)20(17(30-10)13-18(27)23-12-2)26(9)22(29)19(14(3)4)24-21(28)16(6)25(7)8;/h14-17,19-20H,11-13H2,1-10H3,(H,23,27)(H,24,28);1H/t15-,16+,17+,19-,20-;/m0./s1. The molecule has 0 fully saturated rings. The third-order valence-corrected chi connectivity index (χ3v) is 5.85. The SMILES string of the molecule is CCNC(=O)C[C@@H](OC)[C@H]([C@@H](C)CC)N(C)C(=O)[C@@H](NC(=O)[C@@H](C)N(C)C)C(C)C.[HH]. The number of carbonyl (C=O) groups is 3. The predicted octanol–water partition coefficient (Wildman–Crippen LogP) is 1.74. The highest BCUT2D eigenvalue weighted by Crippen LogP contribution is 2.23. The van der Waals surface area contributed by atoms with Gasteiger partial charge in [-0.2, -0.15) is 0 Å². The molecule has 0 spiro atoms. The maximum atomic E-state index is 13.4. The summed E-state index contributed by atoms with van der Waals surface area (Å²) in [4.78, 5) is 41.7. The van der Waals surface area contributed by atoms with Gasteiger partial charge in [0.2, 0.25) is 17.7 Å². The molecule has 0 aliphatic rings. The van der Waals surface area contributed by atoms with Crippen LogP contribution in [0.5, 0.6) is 0 Å². The number of amides is 3. The number of rotatable bonds is 13. The topological polar surface area (TPSA) is 91.0 Å². The second-order valence-corrected chi connectivity index (χ2v) is 8.63. The van der Waals surface area contributed by atoms with Crippen LogP contribution in [0.2, 0.25) is 0 Å². The minimum atomic E-state index is -0.654. The summed E-state index contributed by atoms with van der Waals surface area (Å²) in [6, 6.07) is -1.29. The number of hydrogen-bond acceptors (Lipinski definition) is 5. The molecule has 0 saturated heterocycles. The molecule has 0 heterocycles. The van der Waals surface area contributed by atoms with E-state index < -0.39 is 12.1 Å². The molecule has 8 nitrogen and oxygen atoms in total. The lowest BCUT2D eigenvalue weighted by molar-refractivity contribution is -0.144. The van der Waals surface area contributed by atoms with Crippen molar-refractivity contribution in [1.29, 1.82) is 0 Å². The van der Waals surface area contributed by atoms with Crippen LogP contribution in [0.25, 0.3) is 0 Å². The third-order valence-electron chi connectivity index (χ3n) is 5.85. The lowest BCUT2D eigenvalue weighted by Gasteiger charge is -2.40. The molecule has 0 aliphatic carbocycles. The number of hydrogen-bond donors (Lipinski definition) is 2. The zero-order valence-electron chi connectivity index (χ0n) is 20.6. The summed E-state index contributed by atoms with van der Waals surface area (Å²) >= 11 is 0. The van der Waals surface area contributed by atoms with Crippen LogP contribution in [0.1, 0.15) is 55.8 Å². The molecule has 0 rings (SSSR count). The van der Waals surface area contributed by atoms with E-state index in [4.69, 9.17) is 4.74 Å². The molecule has 0 aliphatic heterocycles. The zero-order valence-corrected chi connectivity index (χ0v) is 20.6. The van der Waals surface area contributed by atoms with Gasteiger partial charge >= 0.3 is 0 Å². The average molecular weight is 431 g/mol. The minimum absolute atomic E-state index is 0. The van der Waals surface area contributed by atoms with Crippen molar-refractivity contribution in [1.82, 2.24) is 20.4 Å². The van der Waals surface area contributed by atoms with E-state index in [9.17, 15) is 14.4 Å². The molecule has 3 amide bonds. The van der Waals surface area contributed by atoms with Gasteiger partial charge in [-0.25, -0.2) is 0 Å². The van der Waals surface area contributed by atoms with Gasteiger partial charge in [-0.15, -0.1) is 0 Å². The van der Waals surface area contributed by atoms with Gasteiger partial charge in [0.15, 0.2) is 0 Å². The van der Waals surface area contributed by atoms with Gasteiger partial charge in [0.1, 0.15) is 6.04 Å². The van der Waals surface area contributed by atoms with Crippen LogP contribution >= 0.6 is 0 Å². The molecule has 5 atom stereocenters. The molecular weight excluding hydrogens is 384 g/mol. The Kier molecular flexibility index (Phi) is 12.8. The van der Waals surface area contributed by atoms with Gasteiger partial charge in [0.05, 0.1) is 24.6 Å². The minimum Gasteiger partial charge on any atom is -0.379 e. The first-order chi connectivity index (χ1) is 13.9. The molecule has 0 radical (unpaired) electrons. The Labute approximate surface area is 184 Å². The van der Waals surface area contributed by atoms with E-state index in [0.29, 0.717) is 6.54 Å². The fraction of sp³-hybridized carbons (Fsp3) is 0.864. The molecule has 0 aromatic heterocycles. The molecule has 0 aromatic rings. The number of ether oxygens (including phenoxy) is 1. The van der Waals surface area contributed by atoms with E-state index in [1.165, 1.54) is 0 Å². The molecule has 30 heavy (non-hydrogen) atoms. The zero-order chi connectivity index (χ0) is 23.6. The smallest absolute Gasteiger partial charge is 0.245 e. The summed E-state index contributed by atoms with van der Waals surface area (Å²) in [5, 5.41) is 5.71. The Bertz CT molecular complexity index is 560. The normalized spacial score (nSPS) is 16.5. The van der Waals surface area contributed by atoms with Crippen LogP contribution < -0.4 is 10.6 Å². The number of likely N-dealkylation sites (N-methyl/N-ethyl adjacent to an activating group) is 2. The maximum Gasteiger partial charge on any atom is 0.245 e. The molecule has 0 unspecified atom stereocenters. The fourth-order valence-corrected chi connectivity index (χ4v) is 3.42. The van der Waals surface area contributed by atoms with Crippen molar-refractivity contribution in [3.05, 3.63) is 0 Å². The van der Waals surface area contributed by atoms with Crippen molar-refractivity contribution in [3.63, 3.8) is 0 Å². The van der Waals surface area contributed by atoms with Crippen molar-refractivity contribution in [2.24, 2.45) is 11.8 Å². The lowest BCUT2D eigenvalue weighted by Crippen LogP contribution is -2.58. The Hall–Kier alpha value is -1.67. The van der Waals surface area contributed by atoms with Crippen LogP contribution in [-0.4, -0.2) is 86.5 Å². The Morgan fingerprint density at radius 2 is 1.60 bits per heavy atom. The molecular formula is C22H46N4O4. The highest BCUT2D eigenvalue weighted by Gasteiger charge is 2.37. The van der Waals surface area contributed by atoms with E-state index >= 15 is 0 Å². The largest absolute Gasteiger partial charge is 0.379 e. The van der Waals surface area contributed by atoms with Crippen molar-refractivity contribution >= 4 is 17.7 Å². The van der Waals surface area contributed by atoms with Crippen LogP contribution in [0.4, 0.5) is 0 Å². The molecule has 0 saturated carbocycles. The summed E-state index contributed by atoms with van der Waals surface area (Å²) in [6.07, 6.45) is 0.561. The molecule has 8 heteroatoms. The van der Waals surface area contributed by atoms with Crippen molar-refractivity contribution in [2.75, 3.05) is 34.8 Å². The highest BCUT2D eigenvalue weighted by molar-refractivity contribution is 5.90. The van der Waals surface area contributed by atoms with Gasteiger partial charge in [-0.05, 0) is 39.8 Å². The molecule has 178 valence electrons. The van der Waals surface area contributed by atoms with Gasteiger partial charge in [0.25, 0.3) is 0 Å². The second-order valence-electron chi connectivity index (χ2n) is 8.63. The van der Waals surface area contributed by atoms with Crippen LogP contribution in [0.3, 0.4) is 0 Å². The lowest BCUT2D eigenvalue weighted by atomic mass is 9.90. The quantitative estimate of drug-likeness (QED) is 0.464. The fourth-order valence-electron chi connectivity index (χ4n) is 3.42. The monoisotopic (exact) mass is 430 g/mol. The Morgan fingerprint density at radius 1 is 1.03 bits per heavy atom. The van der Waals surface area contributed by atoms with Gasteiger partial charge in [-0.3, -0.25) is 19.3 Å². The summed E-state index contributed by atoms with van der Waals surface area (Å²) < 4.78 is 5.67. The first-order valence-corrected chi connectivity index (χ1v) is 11.0. The van der Waals surface area contributed by atoms with Crippen molar-refractivity contribution < 1.29 is 20.5 Å². The van der Waals surface area contributed by atoms with Crippen molar-refractivity contribution in [2.45, 2.75) is 78.6 Å². The van der Waals surface area contributed by atoms with Gasteiger partial charge in [0, 0.05) is 22.1 Å². The van der Waals surface area contributed by atoms with Crippen LogP contribution in [0, 0.1) is 11.8 Å². The van der Waals surface area contributed by atoms with Crippen LogP contribution in [0.15, 0.2) is 0 Å². The first kappa shape index (κ1) is 28.3. The number of carbonyl (C=O) groups excluding carboxylic acids is 3. The van der Waals surface area contributed by atoms with Crippen molar-refractivity contribution in [3.8, 4) is 0 Å². The summed E-state index contributed by atoms with van der Waals surface area (Å²) in [6.45, 7) is 12.1. The number of nitrogens with one attached hydrogen (secondary N) is 2. The highest BCUT2D eigenvalue weighted by atomic mass is 16.5. The predicted molar refractivity (Wildman–Crippen MR) is 122 cm³/mol. The number of methoxy groups -OCH3 is 1. The van der Waals surface area contributed by atoms with Crippen LogP contribution in [-0.2, 0) is 19.1 Å². The molecule has 0 bridgehead atoms. The first-order valence-electron chi connectivity index (χ1n) is 11.0. The summed E-state index contributed by atoms with van der Waals surface area (Å²) in [5.74, 6) is -0.437. The van der Waals surface area contributed by atoms with E-state index in [0.717, 1.165) is 6.42 Å². The van der Waals surface area contributed by atoms with Gasteiger partial charge < -0.3 is 20.3 Å². The second kappa shape index (κ2) is 13.6. The van der Waals surface area contributed by atoms with E-state index in [2.05, 4.69) is 24.5 Å². The van der Waals surface area contributed by atoms with E-state index in [1.54, 1.807) is 30.9 Å². The van der Waals surface area contributed by atoms with Gasteiger partial charge in [-0.1, -0.05) is 34.1 Å². The molecule has 0 aromatic carbocycles. The average Bonchev–Trinajstić information content (AvgIpc) is 2.69. The summed E-state index contributed by atoms with van der Waals surface area (Å²) in [7, 11) is 6.95. The number of nitrogens with zero attached hydrogens (tertiary/aromatic N) is 2. The maximum absolute atomic E-state index is 13.4. The van der Waals surface area contributed by atoms with E-state index in [1.807, 2.05) is 34.9 Å². The molecule has 2 N–H and O–H groups in total. The Morgan fingerprint density at radius 3 is 2.00 bits per heavy atom. The summed E-state index contributed by atoms with van der Waals surface area (Å²) in [5.41, 5.74) is 0. The third kappa shape index (κ3) is 8.22. The van der Waals surface area contributed by atoms with E-state index in [-0.39, 0.29) is 49.5 Å².